The molecule has 2 heterocycles. The summed E-state index contributed by atoms with van der Waals surface area (Å²) in [5, 5.41) is 3.71. The first-order valence-electron chi connectivity index (χ1n) is 8.82. The van der Waals surface area contributed by atoms with Crippen LogP contribution in [0.2, 0.25) is 0 Å². The van der Waals surface area contributed by atoms with Crippen molar-refractivity contribution in [3.8, 4) is 5.88 Å². The monoisotopic (exact) mass is 361 g/mol. The van der Waals surface area contributed by atoms with E-state index in [0.29, 0.717) is 24.5 Å². The minimum absolute atomic E-state index is 0.0192. The van der Waals surface area contributed by atoms with E-state index in [0.717, 1.165) is 10.9 Å². The second-order valence-corrected chi connectivity index (χ2v) is 6.43. The molecule has 6 heteroatoms. The maximum absolute atomic E-state index is 12.2. The lowest BCUT2D eigenvalue weighted by atomic mass is 10.1. The van der Waals surface area contributed by atoms with Gasteiger partial charge in [0.05, 0.1) is 25.2 Å². The van der Waals surface area contributed by atoms with Crippen molar-refractivity contribution >= 4 is 22.7 Å². The van der Waals surface area contributed by atoms with Crippen molar-refractivity contribution in [2.24, 2.45) is 0 Å². The van der Waals surface area contributed by atoms with Gasteiger partial charge in [0.15, 0.2) is 0 Å². The predicted octanol–water partition coefficient (Wildman–Crippen LogP) is 2.25. The van der Waals surface area contributed by atoms with E-state index >= 15 is 0 Å². The van der Waals surface area contributed by atoms with Crippen molar-refractivity contribution in [2.75, 3.05) is 19.6 Å². The smallest absolute Gasteiger partial charge is 0.251 e. The van der Waals surface area contributed by atoms with E-state index in [1.54, 1.807) is 29.2 Å². The maximum atomic E-state index is 12.2. The van der Waals surface area contributed by atoms with Crippen molar-refractivity contribution in [2.45, 2.75) is 6.10 Å². The second kappa shape index (κ2) is 7.45. The number of amides is 2. The first kappa shape index (κ1) is 17.0. The molecule has 1 N–H and O–H groups in total. The average molecular weight is 361 g/mol. The molecule has 0 bridgehead atoms. The third-order valence-electron chi connectivity index (χ3n) is 4.50. The third kappa shape index (κ3) is 3.89. The summed E-state index contributed by atoms with van der Waals surface area (Å²) in [6.45, 7) is 0.970. The number of hydrogen-bond acceptors (Lipinski definition) is 4. The molecule has 0 aliphatic carbocycles. The molecule has 0 unspecified atom stereocenters. The number of nitrogens with one attached hydrogen (secondary N) is 1. The third-order valence-corrected chi connectivity index (χ3v) is 4.50. The molecule has 0 atom stereocenters. The summed E-state index contributed by atoms with van der Waals surface area (Å²) < 4.78 is 5.84. The average Bonchev–Trinajstić information content (AvgIpc) is 2.69. The van der Waals surface area contributed by atoms with Gasteiger partial charge in [0.25, 0.3) is 5.91 Å². The van der Waals surface area contributed by atoms with Crippen LogP contribution < -0.4 is 10.1 Å². The summed E-state index contributed by atoms with van der Waals surface area (Å²) in [5.41, 5.74) is 1.42. The quantitative estimate of drug-likeness (QED) is 0.757. The first-order valence-corrected chi connectivity index (χ1v) is 8.82. The van der Waals surface area contributed by atoms with Crippen molar-refractivity contribution in [3.63, 3.8) is 0 Å². The largest absolute Gasteiger partial charge is 0.471 e. The van der Waals surface area contributed by atoms with Gasteiger partial charge in [0.1, 0.15) is 6.10 Å². The Hall–Kier alpha value is -3.41. The van der Waals surface area contributed by atoms with Crippen LogP contribution in [0.5, 0.6) is 5.88 Å². The van der Waals surface area contributed by atoms with E-state index in [2.05, 4.69) is 10.3 Å². The SMILES string of the molecule is O=C(NCC(=O)N1CC(Oc2ccc3ccccc3n2)C1)c1ccccc1. The predicted molar refractivity (Wildman–Crippen MR) is 102 cm³/mol. The van der Waals surface area contributed by atoms with Crippen molar-refractivity contribution in [1.82, 2.24) is 15.2 Å². The molecule has 0 radical (unpaired) electrons. The Morgan fingerprint density at radius 3 is 2.56 bits per heavy atom. The number of carbonyl (C=O) groups is 2. The number of aromatic nitrogens is 1. The number of para-hydroxylation sites is 1. The standard InChI is InChI=1S/C21H19N3O3/c25-20(12-22-21(26)16-7-2-1-3-8-16)24-13-17(14-24)27-19-11-10-15-6-4-5-9-18(15)23-19/h1-11,17H,12-14H2,(H,22,26). The molecule has 136 valence electrons. The lowest BCUT2D eigenvalue weighted by Crippen LogP contribution is -2.58. The van der Waals surface area contributed by atoms with Gasteiger partial charge >= 0.3 is 0 Å². The Bertz CT molecular complexity index is 969. The number of fused-ring (bicyclic) bond motifs is 1. The lowest BCUT2D eigenvalue weighted by Gasteiger charge is -2.38. The summed E-state index contributed by atoms with van der Waals surface area (Å²) in [6.07, 6.45) is -0.0764. The van der Waals surface area contributed by atoms with Crippen LogP contribution in [0.3, 0.4) is 0 Å². The van der Waals surface area contributed by atoms with Crippen LogP contribution in [0.4, 0.5) is 0 Å². The Morgan fingerprint density at radius 1 is 1.00 bits per heavy atom. The minimum atomic E-state index is -0.252. The van der Waals surface area contributed by atoms with Gasteiger partial charge in [-0.15, -0.1) is 0 Å². The zero-order valence-electron chi connectivity index (χ0n) is 14.7. The zero-order chi connectivity index (χ0) is 18.6. The van der Waals surface area contributed by atoms with Crippen molar-refractivity contribution in [1.29, 1.82) is 0 Å². The van der Waals surface area contributed by atoms with Crippen LogP contribution in [-0.4, -0.2) is 47.4 Å². The van der Waals surface area contributed by atoms with E-state index in [1.807, 2.05) is 42.5 Å². The van der Waals surface area contributed by atoms with Gasteiger partial charge < -0.3 is 15.0 Å². The molecule has 3 aromatic rings. The van der Waals surface area contributed by atoms with E-state index in [9.17, 15) is 9.59 Å². The summed E-state index contributed by atoms with van der Waals surface area (Å²) >= 11 is 0. The number of likely N-dealkylation sites (tertiary alicyclic amines) is 1. The van der Waals surface area contributed by atoms with Gasteiger partial charge in [-0.1, -0.05) is 36.4 Å². The molecule has 6 nitrogen and oxygen atoms in total. The van der Waals surface area contributed by atoms with Crippen LogP contribution in [-0.2, 0) is 4.79 Å². The molecule has 1 aromatic heterocycles. The summed E-state index contributed by atoms with van der Waals surface area (Å²) in [6, 6.07) is 20.5. The number of carbonyl (C=O) groups excluding carboxylic acids is 2. The van der Waals surface area contributed by atoms with Gasteiger partial charge in [-0.2, -0.15) is 0 Å². The number of hydrogen-bond donors (Lipinski definition) is 1. The number of pyridine rings is 1. The molecular formula is C21H19N3O3. The van der Waals surface area contributed by atoms with Gasteiger partial charge in [-0.3, -0.25) is 9.59 Å². The van der Waals surface area contributed by atoms with Crippen molar-refractivity contribution in [3.05, 3.63) is 72.3 Å². The Kier molecular flexibility index (Phi) is 4.70. The van der Waals surface area contributed by atoms with E-state index in [4.69, 9.17) is 4.74 Å². The van der Waals surface area contributed by atoms with Gasteiger partial charge in [-0.25, -0.2) is 4.98 Å². The highest BCUT2D eigenvalue weighted by molar-refractivity contribution is 5.96. The number of benzene rings is 2. The molecule has 2 aromatic carbocycles. The molecule has 1 saturated heterocycles. The molecule has 4 rings (SSSR count). The highest BCUT2D eigenvalue weighted by Gasteiger charge is 2.32. The lowest BCUT2D eigenvalue weighted by molar-refractivity contribution is -0.138. The van der Waals surface area contributed by atoms with Gasteiger partial charge in [0.2, 0.25) is 11.8 Å². The van der Waals surface area contributed by atoms with E-state index < -0.39 is 0 Å². The van der Waals surface area contributed by atoms with Gasteiger partial charge in [-0.05, 0) is 24.3 Å². The second-order valence-electron chi connectivity index (χ2n) is 6.43. The summed E-state index contributed by atoms with van der Waals surface area (Å²) in [5.74, 6) is 0.186. The maximum Gasteiger partial charge on any atom is 0.251 e. The molecule has 1 fully saturated rings. The van der Waals surface area contributed by atoms with Crippen LogP contribution >= 0.6 is 0 Å². The molecule has 0 spiro atoms. The summed E-state index contributed by atoms with van der Waals surface area (Å²) in [7, 11) is 0. The normalized spacial score (nSPS) is 13.9. The first-order chi connectivity index (χ1) is 13.2. The molecule has 1 aliphatic rings. The minimum Gasteiger partial charge on any atom is -0.471 e. The number of ether oxygens (including phenoxy) is 1. The van der Waals surface area contributed by atoms with E-state index in [-0.39, 0.29) is 24.5 Å². The van der Waals surface area contributed by atoms with Crippen LogP contribution in [0, 0.1) is 0 Å². The highest BCUT2D eigenvalue weighted by atomic mass is 16.5. The number of nitrogens with zero attached hydrogens (tertiary/aromatic N) is 2. The van der Waals surface area contributed by atoms with Crippen LogP contribution in [0.25, 0.3) is 10.9 Å². The fourth-order valence-electron chi connectivity index (χ4n) is 2.96. The topological polar surface area (TPSA) is 71.5 Å². The Balaban J connectivity index is 1.25. The highest BCUT2D eigenvalue weighted by Crippen LogP contribution is 2.20. The van der Waals surface area contributed by atoms with E-state index in [1.165, 1.54) is 0 Å². The fraction of sp³-hybridized carbons (Fsp3) is 0.190. The molecular weight excluding hydrogens is 342 g/mol. The molecule has 0 saturated carbocycles. The Morgan fingerprint density at radius 2 is 1.74 bits per heavy atom. The molecule has 1 aliphatic heterocycles. The molecule has 2 amide bonds. The van der Waals surface area contributed by atoms with Gasteiger partial charge in [0, 0.05) is 17.0 Å². The molecule has 27 heavy (non-hydrogen) atoms. The van der Waals surface area contributed by atoms with Crippen molar-refractivity contribution < 1.29 is 14.3 Å². The van der Waals surface area contributed by atoms with Crippen LogP contribution in [0.15, 0.2) is 66.7 Å². The number of rotatable bonds is 5. The van der Waals surface area contributed by atoms with Crippen LogP contribution in [0.1, 0.15) is 10.4 Å². The summed E-state index contributed by atoms with van der Waals surface area (Å²) in [4.78, 5) is 30.3. The fourth-order valence-corrected chi connectivity index (χ4v) is 2.96. The zero-order valence-corrected chi connectivity index (χ0v) is 14.7. The Labute approximate surface area is 156 Å².